The fraction of sp³-hybridized carbons (Fsp3) is 0.640. The molecular weight excluding hydrogens is 452 g/mol. The minimum Gasteiger partial charge on any atom is -0.399 e. The first-order chi connectivity index (χ1) is 16.3. The summed E-state index contributed by atoms with van der Waals surface area (Å²) >= 11 is 0. The van der Waals surface area contributed by atoms with Gasteiger partial charge in [-0.3, -0.25) is 4.18 Å². The van der Waals surface area contributed by atoms with E-state index in [1.807, 2.05) is 18.2 Å². The van der Waals surface area contributed by atoms with Gasteiger partial charge in [0.1, 0.15) is 13.7 Å². The molecule has 1 aliphatic heterocycles. The summed E-state index contributed by atoms with van der Waals surface area (Å²) < 4.78 is 30.5. The third kappa shape index (κ3) is 5.64. The highest BCUT2D eigenvalue weighted by molar-refractivity contribution is 7.84. The van der Waals surface area contributed by atoms with Crippen molar-refractivity contribution in [2.24, 2.45) is 22.1 Å². The number of rotatable bonds is 8. The van der Waals surface area contributed by atoms with E-state index in [1.54, 1.807) is 6.21 Å². The Morgan fingerprint density at radius 3 is 2.38 bits per heavy atom. The smallest absolute Gasteiger partial charge is 0.333 e. The van der Waals surface area contributed by atoms with Crippen LogP contribution in [-0.2, 0) is 25.9 Å². The van der Waals surface area contributed by atoms with Crippen LogP contribution in [0.2, 0.25) is 0 Å². The molecule has 0 atom stereocenters. The van der Waals surface area contributed by atoms with Gasteiger partial charge >= 0.3 is 10.3 Å². The number of piperidine rings is 1. The molecule has 0 amide bonds. The molecule has 2 N–H and O–H groups in total. The van der Waals surface area contributed by atoms with Crippen molar-refractivity contribution in [1.82, 2.24) is 9.47 Å². The lowest BCUT2D eigenvalue weighted by molar-refractivity contribution is 0.0884. The number of hydrogen-bond donors (Lipinski definition) is 1. The molecule has 4 rings (SSSR count). The van der Waals surface area contributed by atoms with E-state index < -0.39 is 10.3 Å². The zero-order chi connectivity index (χ0) is 24.3. The Labute approximate surface area is 203 Å². The topological polar surface area (TPSA) is 99.1 Å². The quantitative estimate of drug-likeness (QED) is 0.442. The van der Waals surface area contributed by atoms with E-state index in [9.17, 15) is 8.42 Å². The molecule has 8 nitrogen and oxygen atoms in total. The van der Waals surface area contributed by atoms with Gasteiger partial charge in [-0.1, -0.05) is 37.2 Å². The summed E-state index contributed by atoms with van der Waals surface area (Å²) in [6.07, 6.45) is 8.90. The number of fused-ring (bicyclic) bond motifs is 1. The molecular formula is C25H38N4O4S. The van der Waals surface area contributed by atoms with E-state index in [-0.39, 0.29) is 12.6 Å². The molecule has 2 heterocycles. The van der Waals surface area contributed by atoms with Gasteiger partial charge in [-0.2, -0.15) is 8.42 Å². The van der Waals surface area contributed by atoms with Crippen molar-refractivity contribution in [1.29, 1.82) is 0 Å². The Kier molecular flexibility index (Phi) is 7.97. The second kappa shape index (κ2) is 10.8. The molecule has 2 aliphatic rings. The van der Waals surface area contributed by atoms with Gasteiger partial charge in [0.05, 0.1) is 11.9 Å². The fourth-order valence-electron chi connectivity index (χ4n) is 5.94. The molecule has 0 bridgehead atoms. The van der Waals surface area contributed by atoms with Crippen LogP contribution in [0.1, 0.15) is 69.7 Å². The molecule has 1 aliphatic carbocycles. The normalized spacial score (nSPS) is 23.3. The number of hydrogen-bond acceptors (Lipinski definition) is 6. The average molecular weight is 491 g/mol. The van der Waals surface area contributed by atoms with Gasteiger partial charge in [0, 0.05) is 41.6 Å². The fourth-order valence-corrected chi connectivity index (χ4v) is 6.21. The van der Waals surface area contributed by atoms with Crippen LogP contribution in [0.5, 0.6) is 0 Å². The van der Waals surface area contributed by atoms with E-state index >= 15 is 0 Å². The summed E-state index contributed by atoms with van der Waals surface area (Å²) in [4.78, 5) is 7.60. The molecule has 34 heavy (non-hydrogen) atoms. The standard InChI is InChI=1S/C25H38N4O4S/c1-18(2)19-8-10-20(11-9-19)28-14-12-21(13-15-28)29-24-7-5-4-6-22(24)23(16-27-32-3)25(29)17-33-34(26,30)31/h4-7,16,18-21H,8-15,17H2,1-3H3,(H2,26,30,31)/b27-16-. The first kappa shape index (κ1) is 25.2. The Morgan fingerprint density at radius 1 is 1.09 bits per heavy atom. The third-order valence-corrected chi connectivity index (χ3v) is 8.21. The van der Waals surface area contributed by atoms with Crippen LogP contribution in [0.15, 0.2) is 29.4 Å². The van der Waals surface area contributed by atoms with Crippen molar-refractivity contribution < 1.29 is 17.4 Å². The molecule has 188 valence electrons. The van der Waals surface area contributed by atoms with Gasteiger partial charge in [-0.05, 0) is 56.4 Å². The van der Waals surface area contributed by atoms with E-state index in [1.165, 1.54) is 32.8 Å². The lowest BCUT2D eigenvalue weighted by atomic mass is 9.79. The molecule has 1 aromatic carbocycles. The average Bonchev–Trinajstić information content (AvgIpc) is 3.14. The predicted octanol–water partition coefficient (Wildman–Crippen LogP) is 4.19. The summed E-state index contributed by atoms with van der Waals surface area (Å²) in [5.74, 6) is 1.65. The van der Waals surface area contributed by atoms with Crippen LogP contribution >= 0.6 is 0 Å². The van der Waals surface area contributed by atoms with Crippen molar-refractivity contribution in [3.63, 3.8) is 0 Å². The first-order valence-corrected chi connectivity index (χ1v) is 13.8. The third-order valence-electron chi connectivity index (χ3n) is 7.77. The molecule has 1 saturated carbocycles. The van der Waals surface area contributed by atoms with Crippen LogP contribution < -0.4 is 5.14 Å². The zero-order valence-electron chi connectivity index (χ0n) is 20.5. The Bertz CT molecular complexity index is 1100. The van der Waals surface area contributed by atoms with Crippen molar-refractivity contribution in [3.05, 3.63) is 35.5 Å². The van der Waals surface area contributed by atoms with Gasteiger partial charge < -0.3 is 14.3 Å². The van der Waals surface area contributed by atoms with Crippen LogP contribution in [0, 0.1) is 11.8 Å². The number of likely N-dealkylation sites (tertiary alicyclic amines) is 1. The number of nitrogens with zero attached hydrogens (tertiary/aromatic N) is 3. The molecule has 0 spiro atoms. The Morgan fingerprint density at radius 2 is 1.76 bits per heavy atom. The van der Waals surface area contributed by atoms with Crippen LogP contribution in [0.3, 0.4) is 0 Å². The van der Waals surface area contributed by atoms with Gasteiger partial charge in [-0.25, -0.2) is 5.14 Å². The second-order valence-corrected chi connectivity index (χ2v) is 11.2. The van der Waals surface area contributed by atoms with E-state index in [2.05, 4.69) is 34.5 Å². The highest BCUT2D eigenvalue weighted by Gasteiger charge is 2.32. The zero-order valence-corrected chi connectivity index (χ0v) is 21.3. The van der Waals surface area contributed by atoms with Gasteiger partial charge in [0.25, 0.3) is 0 Å². The minimum absolute atomic E-state index is 0.141. The van der Waals surface area contributed by atoms with E-state index in [4.69, 9.17) is 14.2 Å². The largest absolute Gasteiger partial charge is 0.399 e. The summed E-state index contributed by atoms with van der Waals surface area (Å²) in [5, 5.41) is 10.1. The number of benzene rings is 1. The summed E-state index contributed by atoms with van der Waals surface area (Å²) in [6, 6.07) is 8.99. The first-order valence-electron chi connectivity index (χ1n) is 12.4. The summed E-state index contributed by atoms with van der Waals surface area (Å²) in [5.41, 5.74) is 2.60. The number of nitrogens with two attached hydrogens (primary N) is 1. The van der Waals surface area contributed by atoms with Gasteiger partial charge in [-0.15, -0.1) is 0 Å². The number of aromatic nitrogens is 1. The maximum atomic E-state index is 11.6. The predicted molar refractivity (Wildman–Crippen MR) is 135 cm³/mol. The van der Waals surface area contributed by atoms with E-state index in [0.717, 1.165) is 59.9 Å². The molecule has 2 fully saturated rings. The van der Waals surface area contributed by atoms with Gasteiger partial charge in [0.2, 0.25) is 0 Å². The van der Waals surface area contributed by atoms with Crippen molar-refractivity contribution >= 4 is 27.4 Å². The van der Waals surface area contributed by atoms with Crippen LogP contribution in [0.4, 0.5) is 0 Å². The molecule has 1 saturated heterocycles. The Hall–Kier alpha value is -1.94. The van der Waals surface area contributed by atoms with Crippen molar-refractivity contribution in [2.75, 3.05) is 20.2 Å². The van der Waals surface area contributed by atoms with Crippen molar-refractivity contribution in [3.8, 4) is 0 Å². The monoisotopic (exact) mass is 490 g/mol. The SMILES string of the molecule is CO/N=C\c1c(COS(N)(=O)=O)n(C2CCN(C3CCC(C(C)C)CC3)CC2)c2ccccc12. The molecule has 0 radical (unpaired) electrons. The maximum Gasteiger partial charge on any atom is 0.333 e. The van der Waals surface area contributed by atoms with Crippen molar-refractivity contribution in [2.45, 2.75) is 71.1 Å². The molecule has 2 aromatic rings. The van der Waals surface area contributed by atoms with Crippen LogP contribution in [-0.4, -0.2) is 50.3 Å². The molecule has 9 heteroatoms. The van der Waals surface area contributed by atoms with Gasteiger partial charge in [0.15, 0.2) is 0 Å². The summed E-state index contributed by atoms with van der Waals surface area (Å²) in [6.45, 7) is 6.65. The molecule has 0 unspecified atom stereocenters. The second-order valence-electron chi connectivity index (χ2n) is 10.00. The summed E-state index contributed by atoms with van der Waals surface area (Å²) in [7, 11) is -2.59. The highest BCUT2D eigenvalue weighted by atomic mass is 32.2. The Balaban J connectivity index is 1.57. The maximum absolute atomic E-state index is 11.6. The lowest BCUT2D eigenvalue weighted by Gasteiger charge is -2.42. The highest BCUT2D eigenvalue weighted by Crippen LogP contribution is 2.37. The molecule has 1 aromatic heterocycles. The van der Waals surface area contributed by atoms with E-state index in [0.29, 0.717) is 6.04 Å². The minimum atomic E-state index is -4.08. The lowest BCUT2D eigenvalue weighted by Crippen LogP contribution is -2.44. The van der Waals surface area contributed by atoms with Crippen LogP contribution in [0.25, 0.3) is 10.9 Å². The number of para-hydroxylation sites is 1. The number of oxime groups is 1.